The SMILES string of the molecule is O=c1nc2nnc3c4ccccc4[nH]c3n2[nH]1. The Bertz CT molecular complexity index is 915. The van der Waals surface area contributed by atoms with Gasteiger partial charge in [0.2, 0.25) is 0 Å². The Morgan fingerprint density at radius 2 is 2.06 bits per heavy atom. The number of aromatic nitrogens is 6. The summed E-state index contributed by atoms with van der Waals surface area (Å²) < 4.78 is 1.50. The van der Waals surface area contributed by atoms with Gasteiger partial charge < -0.3 is 4.98 Å². The topological polar surface area (TPSA) is 91.7 Å². The summed E-state index contributed by atoms with van der Waals surface area (Å²) in [6.45, 7) is 0. The van der Waals surface area contributed by atoms with E-state index in [1.807, 2.05) is 24.3 Å². The summed E-state index contributed by atoms with van der Waals surface area (Å²) in [5.74, 6) is 0.258. The standard InChI is InChI=1S/C10H6N6O/c17-10-12-9-14-13-7-5-3-1-2-4-6(5)11-8(7)16(9)15-10/h1-4,11H,(H,15,17). The van der Waals surface area contributed by atoms with Crippen LogP contribution in [0.5, 0.6) is 0 Å². The monoisotopic (exact) mass is 226 g/mol. The third kappa shape index (κ3) is 0.996. The number of hydrogen-bond donors (Lipinski definition) is 2. The summed E-state index contributed by atoms with van der Waals surface area (Å²) in [7, 11) is 0. The van der Waals surface area contributed by atoms with Crippen LogP contribution in [-0.4, -0.2) is 29.8 Å². The van der Waals surface area contributed by atoms with Gasteiger partial charge >= 0.3 is 5.69 Å². The molecule has 0 atom stereocenters. The van der Waals surface area contributed by atoms with Gasteiger partial charge in [-0.2, -0.15) is 9.50 Å². The first-order chi connectivity index (χ1) is 8.33. The third-order valence-corrected chi connectivity index (χ3v) is 2.73. The van der Waals surface area contributed by atoms with Gasteiger partial charge in [0.05, 0.1) is 0 Å². The first kappa shape index (κ1) is 8.45. The lowest BCUT2D eigenvalue weighted by Gasteiger charge is -1.92. The van der Waals surface area contributed by atoms with Crippen molar-refractivity contribution in [3.05, 3.63) is 34.7 Å². The van der Waals surface area contributed by atoms with Gasteiger partial charge in [-0.3, -0.25) is 0 Å². The van der Waals surface area contributed by atoms with Crippen molar-refractivity contribution in [2.45, 2.75) is 0 Å². The molecule has 0 fully saturated rings. The van der Waals surface area contributed by atoms with Crippen LogP contribution in [-0.2, 0) is 0 Å². The van der Waals surface area contributed by atoms with Crippen molar-refractivity contribution in [3.63, 3.8) is 0 Å². The van der Waals surface area contributed by atoms with Gasteiger partial charge in [0.1, 0.15) is 5.52 Å². The van der Waals surface area contributed by atoms with Crippen LogP contribution in [0.3, 0.4) is 0 Å². The zero-order chi connectivity index (χ0) is 11.4. The fraction of sp³-hybridized carbons (Fsp3) is 0. The second-order valence-electron chi connectivity index (χ2n) is 3.73. The molecule has 4 aromatic rings. The van der Waals surface area contributed by atoms with Crippen LogP contribution in [0.25, 0.3) is 27.8 Å². The second-order valence-corrected chi connectivity index (χ2v) is 3.73. The normalized spacial score (nSPS) is 11.8. The lowest BCUT2D eigenvalue weighted by atomic mass is 10.2. The fourth-order valence-electron chi connectivity index (χ4n) is 2.01. The number of benzene rings is 1. The van der Waals surface area contributed by atoms with Crippen LogP contribution >= 0.6 is 0 Å². The maximum atomic E-state index is 11.2. The van der Waals surface area contributed by atoms with Crippen molar-refractivity contribution in [3.8, 4) is 0 Å². The lowest BCUT2D eigenvalue weighted by Crippen LogP contribution is -2.02. The van der Waals surface area contributed by atoms with Crippen molar-refractivity contribution in [2.24, 2.45) is 0 Å². The highest BCUT2D eigenvalue weighted by atomic mass is 16.1. The highest BCUT2D eigenvalue weighted by Crippen LogP contribution is 2.21. The fourth-order valence-corrected chi connectivity index (χ4v) is 2.01. The molecule has 2 N–H and O–H groups in total. The molecule has 3 heterocycles. The number of nitrogens with one attached hydrogen (secondary N) is 2. The molecule has 0 bridgehead atoms. The molecule has 0 spiro atoms. The van der Waals surface area contributed by atoms with E-state index in [0.29, 0.717) is 11.2 Å². The molecular weight excluding hydrogens is 220 g/mol. The summed E-state index contributed by atoms with van der Waals surface area (Å²) in [4.78, 5) is 18.1. The average Bonchev–Trinajstić information content (AvgIpc) is 2.87. The van der Waals surface area contributed by atoms with Crippen molar-refractivity contribution >= 4 is 27.8 Å². The molecule has 3 aromatic heterocycles. The van der Waals surface area contributed by atoms with Crippen LogP contribution < -0.4 is 5.69 Å². The minimum Gasteiger partial charge on any atom is -0.338 e. The van der Waals surface area contributed by atoms with Crippen LogP contribution in [0.2, 0.25) is 0 Å². The smallest absolute Gasteiger partial charge is 0.338 e. The predicted octanol–water partition coefficient (Wildman–Crippen LogP) is 0.447. The molecule has 82 valence electrons. The van der Waals surface area contributed by atoms with E-state index in [4.69, 9.17) is 0 Å². The van der Waals surface area contributed by atoms with E-state index < -0.39 is 5.69 Å². The van der Waals surface area contributed by atoms with Gasteiger partial charge in [-0.15, -0.1) is 10.2 Å². The van der Waals surface area contributed by atoms with Crippen LogP contribution in [0, 0.1) is 0 Å². The Hall–Kier alpha value is -2.70. The van der Waals surface area contributed by atoms with Gasteiger partial charge in [-0.05, 0) is 6.07 Å². The molecule has 4 rings (SSSR count). The molecule has 0 radical (unpaired) electrons. The zero-order valence-corrected chi connectivity index (χ0v) is 8.51. The largest absolute Gasteiger partial charge is 0.363 e. The average molecular weight is 226 g/mol. The maximum absolute atomic E-state index is 11.2. The van der Waals surface area contributed by atoms with E-state index in [1.165, 1.54) is 4.52 Å². The lowest BCUT2D eigenvalue weighted by molar-refractivity contribution is 0.919. The first-order valence-electron chi connectivity index (χ1n) is 5.05. The van der Waals surface area contributed by atoms with Crippen molar-refractivity contribution < 1.29 is 0 Å². The van der Waals surface area contributed by atoms with Crippen LogP contribution in [0.15, 0.2) is 29.1 Å². The second kappa shape index (κ2) is 2.70. The summed E-state index contributed by atoms with van der Waals surface area (Å²) in [6, 6.07) is 7.75. The third-order valence-electron chi connectivity index (χ3n) is 2.73. The molecule has 17 heavy (non-hydrogen) atoms. The molecule has 0 amide bonds. The van der Waals surface area contributed by atoms with E-state index in [-0.39, 0.29) is 5.78 Å². The van der Waals surface area contributed by atoms with Crippen molar-refractivity contribution in [2.75, 3.05) is 0 Å². The first-order valence-corrected chi connectivity index (χ1v) is 5.05. The van der Waals surface area contributed by atoms with Crippen molar-refractivity contribution in [1.29, 1.82) is 0 Å². The molecule has 0 unspecified atom stereocenters. The van der Waals surface area contributed by atoms with E-state index in [1.54, 1.807) is 0 Å². The molecular formula is C10H6N6O. The Kier molecular flexibility index (Phi) is 1.34. The molecule has 0 aliphatic rings. The summed E-state index contributed by atoms with van der Waals surface area (Å²) >= 11 is 0. The highest BCUT2D eigenvalue weighted by molar-refractivity contribution is 6.03. The minimum absolute atomic E-state index is 0.258. The maximum Gasteiger partial charge on any atom is 0.363 e. The van der Waals surface area contributed by atoms with Crippen LogP contribution in [0.4, 0.5) is 0 Å². The predicted molar refractivity (Wildman–Crippen MR) is 60.8 cm³/mol. The van der Waals surface area contributed by atoms with Gasteiger partial charge in [0, 0.05) is 10.9 Å². The van der Waals surface area contributed by atoms with Crippen LogP contribution in [0.1, 0.15) is 0 Å². The number of para-hydroxylation sites is 1. The summed E-state index contributed by atoms with van der Waals surface area (Å²) in [6.07, 6.45) is 0. The highest BCUT2D eigenvalue weighted by Gasteiger charge is 2.10. The molecule has 7 nitrogen and oxygen atoms in total. The molecule has 1 aromatic carbocycles. The molecule has 0 saturated carbocycles. The number of fused-ring (bicyclic) bond motifs is 5. The van der Waals surface area contributed by atoms with Gasteiger partial charge in [0.15, 0.2) is 5.65 Å². The molecule has 7 heteroatoms. The van der Waals surface area contributed by atoms with Gasteiger partial charge in [-0.25, -0.2) is 9.89 Å². The molecule has 0 saturated heterocycles. The molecule has 0 aliphatic heterocycles. The Morgan fingerprint density at radius 3 is 3.00 bits per heavy atom. The van der Waals surface area contributed by atoms with E-state index in [9.17, 15) is 4.79 Å². The minimum atomic E-state index is -0.439. The quantitative estimate of drug-likeness (QED) is 0.455. The molecule has 0 aliphatic carbocycles. The number of aromatic amines is 2. The van der Waals surface area contributed by atoms with E-state index in [2.05, 4.69) is 25.3 Å². The van der Waals surface area contributed by atoms with Crippen molar-refractivity contribution in [1.82, 2.24) is 29.8 Å². The Labute approximate surface area is 93.1 Å². The number of H-pyrrole nitrogens is 2. The number of nitrogens with zero attached hydrogens (tertiary/aromatic N) is 4. The Balaban J connectivity index is 2.37. The van der Waals surface area contributed by atoms with Gasteiger partial charge in [0.25, 0.3) is 5.78 Å². The van der Waals surface area contributed by atoms with E-state index >= 15 is 0 Å². The zero-order valence-electron chi connectivity index (χ0n) is 8.51. The Morgan fingerprint density at radius 1 is 1.18 bits per heavy atom. The summed E-state index contributed by atoms with van der Waals surface area (Å²) in [5, 5.41) is 11.5. The summed E-state index contributed by atoms with van der Waals surface area (Å²) in [5.41, 5.74) is 1.90. The number of hydrogen-bond acceptors (Lipinski definition) is 4. The van der Waals surface area contributed by atoms with Gasteiger partial charge in [-0.1, -0.05) is 18.2 Å². The van der Waals surface area contributed by atoms with E-state index in [0.717, 1.165) is 10.9 Å². The number of rotatable bonds is 0.